The number of rotatable bonds is 5. The highest BCUT2D eigenvalue weighted by Crippen LogP contribution is 2.27. The van der Waals surface area contributed by atoms with E-state index in [0.29, 0.717) is 19.0 Å². The topological polar surface area (TPSA) is 49.8 Å². The molecule has 22 heavy (non-hydrogen) atoms. The summed E-state index contributed by atoms with van der Waals surface area (Å²) in [6, 6.07) is 6.13. The molecule has 1 saturated heterocycles. The first-order chi connectivity index (χ1) is 10.4. The van der Waals surface area contributed by atoms with Crippen LogP contribution in [0.15, 0.2) is 18.2 Å². The van der Waals surface area contributed by atoms with Crippen molar-refractivity contribution in [2.24, 2.45) is 5.92 Å². The largest absolute Gasteiger partial charge is 0.483 e. The summed E-state index contributed by atoms with van der Waals surface area (Å²) in [7, 11) is 0. The van der Waals surface area contributed by atoms with Crippen LogP contribution in [-0.2, 0) is 4.79 Å². The van der Waals surface area contributed by atoms with Gasteiger partial charge in [0.25, 0.3) is 5.91 Å². The molecule has 4 nitrogen and oxygen atoms in total. The number of likely N-dealkylation sites (tertiary alicyclic amines) is 1. The maximum absolute atomic E-state index is 12.3. The number of ether oxygens (including phenoxy) is 1. The van der Waals surface area contributed by atoms with Crippen LogP contribution >= 0.6 is 0 Å². The molecule has 2 unspecified atom stereocenters. The van der Waals surface area contributed by atoms with E-state index in [-0.39, 0.29) is 24.5 Å². The molecule has 1 aliphatic rings. The minimum absolute atomic E-state index is 0.000591. The summed E-state index contributed by atoms with van der Waals surface area (Å²) in [4.78, 5) is 14.1. The molecule has 4 heteroatoms. The summed E-state index contributed by atoms with van der Waals surface area (Å²) in [5.74, 6) is 1.35. The van der Waals surface area contributed by atoms with E-state index in [2.05, 4.69) is 26.0 Å². The van der Waals surface area contributed by atoms with Crippen LogP contribution in [0, 0.1) is 12.8 Å². The lowest BCUT2D eigenvalue weighted by atomic mass is 10.0. The van der Waals surface area contributed by atoms with E-state index >= 15 is 0 Å². The fourth-order valence-corrected chi connectivity index (χ4v) is 2.88. The van der Waals surface area contributed by atoms with Gasteiger partial charge in [0.05, 0.1) is 6.10 Å². The van der Waals surface area contributed by atoms with E-state index < -0.39 is 0 Å². The Morgan fingerprint density at radius 1 is 1.41 bits per heavy atom. The van der Waals surface area contributed by atoms with E-state index in [1.54, 1.807) is 11.8 Å². The van der Waals surface area contributed by atoms with Crippen LogP contribution in [0.3, 0.4) is 0 Å². The molecule has 1 fully saturated rings. The average molecular weight is 305 g/mol. The molecule has 2 atom stereocenters. The summed E-state index contributed by atoms with van der Waals surface area (Å²) >= 11 is 0. The van der Waals surface area contributed by atoms with E-state index in [9.17, 15) is 9.90 Å². The van der Waals surface area contributed by atoms with E-state index in [0.717, 1.165) is 23.3 Å². The molecule has 1 aromatic rings. The number of carbonyl (C=O) groups is 1. The Kier molecular flexibility index (Phi) is 5.46. The zero-order chi connectivity index (χ0) is 16.3. The van der Waals surface area contributed by atoms with E-state index in [4.69, 9.17) is 4.74 Å². The van der Waals surface area contributed by atoms with Gasteiger partial charge >= 0.3 is 0 Å². The van der Waals surface area contributed by atoms with Crippen LogP contribution in [0.2, 0.25) is 0 Å². The number of aliphatic hydroxyl groups excluding tert-OH is 1. The van der Waals surface area contributed by atoms with Crippen molar-refractivity contribution in [3.05, 3.63) is 29.3 Å². The van der Waals surface area contributed by atoms with Gasteiger partial charge in [-0.1, -0.05) is 26.0 Å². The number of hydrogen-bond donors (Lipinski definition) is 1. The molecule has 1 amide bonds. The number of aryl methyl sites for hydroxylation is 1. The molecule has 0 bridgehead atoms. The summed E-state index contributed by atoms with van der Waals surface area (Å²) < 4.78 is 5.80. The molecule has 2 rings (SSSR count). The average Bonchev–Trinajstić information content (AvgIpc) is 2.94. The molecule has 1 aliphatic heterocycles. The third-order valence-corrected chi connectivity index (χ3v) is 4.40. The summed E-state index contributed by atoms with van der Waals surface area (Å²) in [5.41, 5.74) is 2.25. The molecule has 1 heterocycles. The number of hydrogen-bond acceptors (Lipinski definition) is 3. The molecule has 0 aromatic heterocycles. The Labute approximate surface area is 133 Å². The van der Waals surface area contributed by atoms with E-state index in [1.165, 1.54) is 0 Å². The first-order valence-electron chi connectivity index (χ1n) is 8.07. The van der Waals surface area contributed by atoms with Crippen LogP contribution in [0.25, 0.3) is 0 Å². The van der Waals surface area contributed by atoms with Crippen molar-refractivity contribution in [1.29, 1.82) is 0 Å². The Morgan fingerprint density at radius 2 is 2.14 bits per heavy atom. The van der Waals surface area contributed by atoms with Crippen molar-refractivity contribution in [2.75, 3.05) is 19.7 Å². The lowest BCUT2D eigenvalue weighted by Crippen LogP contribution is -2.34. The predicted molar refractivity (Wildman–Crippen MR) is 87.1 cm³/mol. The molecule has 122 valence electrons. The summed E-state index contributed by atoms with van der Waals surface area (Å²) in [5, 5.41) is 9.62. The highest BCUT2D eigenvalue weighted by atomic mass is 16.5. The quantitative estimate of drug-likeness (QED) is 0.910. The Morgan fingerprint density at radius 3 is 2.73 bits per heavy atom. The highest BCUT2D eigenvalue weighted by molar-refractivity contribution is 5.78. The lowest BCUT2D eigenvalue weighted by molar-refractivity contribution is -0.132. The molecule has 0 radical (unpaired) electrons. The maximum atomic E-state index is 12.3. The monoisotopic (exact) mass is 305 g/mol. The Balaban J connectivity index is 1.96. The molecule has 1 N–H and O–H groups in total. The zero-order valence-corrected chi connectivity index (χ0v) is 14.0. The van der Waals surface area contributed by atoms with Gasteiger partial charge in [-0.25, -0.2) is 0 Å². The molecule has 0 saturated carbocycles. The third-order valence-electron chi connectivity index (χ3n) is 4.40. The van der Waals surface area contributed by atoms with Crippen molar-refractivity contribution < 1.29 is 14.6 Å². The second-order valence-corrected chi connectivity index (χ2v) is 6.61. The zero-order valence-electron chi connectivity index (χ0n) is 14.0. The number of carbonyl (C=O) groups excluding carboxylic acids is 1. The van der Waals surface area contributed by atoms with Gasteiger partial charge in [-0.3, -0.25) is 4.79 Å². The minimum Gasteiger partial charge on any atom is -0.483 e. The molecule has 0 aliphatic carbocycles. The number of nitrogens with zero attached hydrogens (tertiary/aromatic N) is 1. The molecular weight excluding hydrogens is 278 g/mol. The molecule has 1 aromatic carbocycles. The van der Waals surface area contributed by atoms with E-state index in [1.807, 2.05) is 13.0 Å². The number of aliphatic hydroxyl groups is 1. The van der Waals surface area contributed by atoms with Gasteiger partial charge in [0, 0.05) is 19.0 Å². The number of benzene rings is 1. The summed E-state index contributed by atoms with van der Waals surface area (Å²) in [6.07, 6.45) is 0.508. The molecule has 0 spiro atoms. The maximum Gasteiger partial charge on any atom is 0.260 e. The highest BCUT2D eigenvalue weighted by Gasteiger charge is 2.29. The van der Waals surface area contributed by atoms with Crippen molar-refractivity contribution in [3.63, 3.8) is 0 Å². The van der Waals surface area contributed by atoms with Gasteiger partial charge in [0.2, 0.25) is 0 Å². The second kappa shape index (κ2) is 7.14. The van der Waals surface area contributed by atoms with Crippen molar-refractivity contribution in [1.82, 2.24) is 4.90 Å². The van der Waals surface area contributed by atoms with Crippen LogP contribution in [0.4, 0.5) is 0 Å². The van der Waals surface area contributed by atoms with Gasteiger partial charge in [0.1, 0.15) is 5.75 Å². The fourth-order valence-electron chi connectivity index (χ4n) is 2.88. The van der Waals surface area contributed by atoms with Gasteiger partial charge in [0.15, 0.2) is 6.61 Å². The predicted octanol–water partition coefficient (Wildman–Crippen LogP) is 2.73. The van der Waals surface area contributed by atoms with Crippen LogP contribution < -0.4 is 4.74 Å². The molecular formula is C18H27NO3. The van der Waals surface area contributed by atoms with Crippen LogP contribution in [-0.4, -0.2) is 41.7 Å². The summed E-state index contributed by atoms with van der Waals surface area (Å²) in [6.45, 7) is 9.45. The first kappa shape index (κ1) is 16.8. The van der Waals surface area contributed by atoms with Crippen LogP contribution in [0.1, 0.15) is 44.2 Å². The Bertz CT molecular complexity index is 525. The first-order valence-corrected chi connectivity index (χ1v) is 8.07. The van der Waals surface area contributed by atoms with Crippen molar-refractivity contribution >= 4 is 5.91 Å². The fraction of sp³-hybridized carbons (Fsp3) is 0.611. The minimum atomic E-state index is -0.358. The van der Waals surface area contributed by atoms with Crippen molar-refractivity contribution in [2.45, 2.75) is 46.1 Å². The van der Waals surface area contributed by atoms with Gasteiger partial charge in [-0.05, 0) is 43.4 Å². The standard InChI is InChI=1S/C18H27NO3/c1-12(2)16-6-5-13(3)9-17(16)22-11-18(21)19-8-7-15(10-19)14(4)20/h5-6,9,12,14-15,20H,7-8,10-11H2,1-4H3. The Hall–Kier alpha value is -1.55. The normalized spacial score (nSPS) is 19.5. The number of amides is 1. The third kappa shape index (κ3) is 4.01. The smallest absolute Gasteiger partial charge is 0.260 e. The lowest BCUT2D eigenvalue weighted by Gasteiger charge is -2.19. The SMILES string of the molecule is Cc1ccc(C(C)C)c(OCC(=O)N2CCC(C(C)O)C2)c1. The van der Waals surface area contributed by atoms with Crippen molar-refractivity contribution in [3.8, 4) is 5.75 Å². The van der Waals surface area contributed by atoms with Gasteiger partial charge in [-0.2, -0.15) is 0 Å². The van der Waals surface area contributed by atoms with Gasteiger partial charge < -0.3 is 14.7 Å². The van der Waals surface area contributed by atoms with Gasteiger partial charge in [-0.15, -0.1) is 0 Å². The van der Waals surface area contributed by atoms with Crippen LogP contribution in [0.5, 0.6) is 5.75 Å². The second-order valence-electron chi connectivity index (χ2n) is 6.61.